The van der Waals surface area contributed by atoms with E-state index in [1.54, 1.807) is 0 Å². The molecule has 21 heavy (non-hydrogen) atoms. The summed E-state index contributed by atoms with van der Waals surface area (Å²) in [5.74, 6) is 2.25. The molecule has 110 valence electrons. The molecule has 1 N–H and O–H groups in total. The van der Waals surface area contributed by atoms with Crippen LogP contribution in [0.25, 0.3) is 0 Å². The van der Waals surface area contributed by atoms with Crippen LogP contribution in [0, 0.1) is 0 Å². The summed E-state index contributed by atoms with van der Waals surface area (Å²) >= 11 is 0. The second-order valence-electron chi connectivity index (χ2n) is 5.86. The number of rotatable bonds is 3. The molecule has 0 radical (unpaired) electrons. The lowest BCUT2D eigenvalue weighted by Gasteiger charge is -2.19. The van der Waals surface area contributed by atoms with E-state index in [2.05, 4.69) is 35.0 Å². The molecule has 1 unspecified atom stereocenters. The Balaban J connectivity index is 1.59. The normalized spacial score (nSPS) is 20.0. The van der Waals surface area contributed by atoms with Crippen molar-refractivity contribution >= 4 is 0 Å². The number of para-hydroxylation sites is 1. The summed E-state index contributed by atoms with van der Waals surface area (Å²) in [6.45, 7) is 5.05. The van der Waals surface area contributed by atoms with Crippen LogP contribution in [-0.2, 0) is 32.4 Å². The number of nitrogens with zero attached hydrogens (tertiary/aromatic N) is 2. The molecule has 0 saturated heterocycles. The topological polar surface area (TPSA) is 39.1 Å². The highest BCUT2D eigenvalue weighted by Gasteiger charge is 2.26. The molecule has 2 aliphatic rings. The smallest absolute Gasteiger partial charge is 0.123 e. The van der Waals surface area contributed by atoms with Crippen LogP contribution in [-0.4, -0.2) is 22.2 Å². The Labute approximate surface area is 125 Å². The minimum Gasteiger partial charge on any atom is -0.488 e. The molecule has 0 spiro atoms. The van der Waals surface area contributed by atoms with E-state index >= 15 is 0 Å². The fraction of sp³-hybridized carbons (Fsp3) is 0.471. The number of benzene rings is 1. The molecule has 1 aromatic heterocycles. The maximum absolute atomic E-state index is 6.11. The lowest BCUT2D eigenvalue weighted by atomic mass is 10.1. The van der Waals surface area contributed by atoms with Crippen LogP contribution in [0.15, 0.2) is 24.3 Å². The van der Waals surface area contributed by atoms with Gasteiger partial charge in [-0.2, -0.15) is 0 Å². The van der Waals surface area contributed by atoms with Crippen molar-refractivity contribution in [1.29, 1.82) is 0 Å². The summed E-state index contributed by atoms with van der Waals surface area (Å²) < 4.78 is 8.52. The first kappa shape index (κ1) is 12.9. The van der Waals surface area contributed by atoms with Crippen LogP contribution in [0.3, 0.4) is 0 Å². The van der Waals surface area contributed by atoms with Gasteiger partial charge in [-0.3, -0.25) is 0 Å². The van der Waals surface area contributed by atoms with Crippen molar-refractivity contribution in [2.24, 2.45) is 0 Å². The van der Waals surface area contributed by atoms with Crippen molar-refractivity contribution in [3.63, 3.8) is 0 Å². The van der Waals surface area contributed by atoms with E-state index in [-0.39, 0.29) is 6.10 Å². The Hall–Kier alpha value is -1.81. The molecular formula is C17H21N3O. The second kappa shape index (κ2) is 5.19. The monoisotopic (exact) mass is 283 g/mol. The van der Waals surface area contributed by atoms with Gasteiger partial charge < -0.3 is 14.6 Å². The van der Waals surface area contributed by atoms with Gasteiger partial charge >= 0.3 is 0 Å². The van der Waals surface area contributed by atoms with E-state index in [0.717, 1.165) is 44.6 Å². The molecule has 0 fully saturated rings. The zero-order chi connectivity index (χ0) is 14.2. The number of imidazole rings is 1. The number of fused-ring (bicyclic) bond motifs is 2. The summed E-state index contributed by atoms with van der Waals surface area (Å²) in [6, 6.07) is 8.38. The molecule has 3 heterocycles. The first-order chi connectivity index (χ1) is 10.3. The van der Waals surface area contributed by atoms with Crippen molar-refractivity contribution < 1.29 is 4.74 Å². The minimum atomic E-state index is 0.237. The molecule has 0 saturated carbocycles. The number of ether oxygens (including phenoxy) is 1. The van der Waals surface area contributed by atoms with Crippen molar-refractivity contribution in [3.05, 3.63) is 47.0 Å². The van der Waals surface area contributed by atoms with Crippen molar-refractivity contribution in [3.8, 4) is 5.75 Å². The number of hydrogen-bond donors (Lipinski definition) is 1. The van der Waals surface area contributed by atoms with Crippen LogP contribution in [0.5, 0.6) is 5.75 Å². The molecule has 0 amide bonds. The van der Waals surface area contributed by atoms with Gasteiger partial charge in [-0.25, -0.2) is 4.98 Å². The van der Waals surface area contributed by atoms with Crippen molar-refractivity contribution in [2.45, 2.75) is 45.4 Å². The summed E-state index contributed by atoms with van der Waals surface area (Å²) in [7, 11) is 0. The number of nitrogens with one attached hydrogen (secondary N) is 1. The molecule has 4 rings (SSSR count). The van der Waals surface area contributed by atoms with Crippen LogP contribution >= 0.6 is 0 Å². The summed E-state index contributed by atoms with van der Waals surface area (Å²) in [5, 5.41) is 3.41. The maximum Gasteiger partial charge on any atom is 0.123 e. The van der Waals surface area contributed by atoms with E-state index in [1.807, 2.05) is 6.07 Å². The molecular weight excluding hydrogens is 262 g/mol. The first-order valence-corrected chi connectivity index (χ1v) is 7.87. The Morgan fingerprint density at radius 3 is 3.14 bits per heavy atom. The van der Waals surface area contributed by atoms with Gasteiger partial charge in [0.05, 0.1) is 12.2 Å². The Morgan fingerprint density at radius 1 is 1.38 bits per heavy atom. The van der Waals surface area contributed by atoms with E-state index in [0.29, 0.717) is 0 Å². The van der Waals surface area contributed by atoms with Gasteiger partial charge in [0.25, 0.3) is 0 Å². The fourth-order valence-corrected chi connectivity index (χ4v) is 3.47. The van der Waals surface area contributed by atoms with Crippen LogP contribution in [0.1, 0.15) is 29.7 Å². The highest BCUT2D eigenvalue weighted by molar-refractivity contribution is 5.37. The standard InChI is InChI=1S/C17H21N3O/c1-2-17-19-14-10-18-8-7-15(14)20(17)11-13-9-12-5-3-4-6-16(12)21-13/h3-6,13,18H,2,7-11H2,1H3. The van der Waals surface area contributed by atoms with E-state index in [9.17, 15) is 0 Å². The fourth-order valence-electron chi connectivity index (χ4n) is 3.47. The highest BCUT2D eigenvalue weighted by atomic mass is 16.5. The van der Waals surface area contributed by atoms with Crippen LogP contribution in [0.4, 0.5) is 0 Å². The lowest BCUT2D eigenvalue weighted by Crippen LogP contribution is -2.28. The van der Waals surface area contributed by atoms with Gasteiger partial charge in [0, 0.05) is 38.0 Å². The second-order valence-corrected chi connectivity index (χ2v) is 5.86. The summed E-state index contributed by atoms with van der Waals surface area (Å²) in [5.41, 5.74) is 3.97. The molecule has 4 nitrogen and oxygen atoms in total. The maximum atomic E-state index is 6.11. The van der Waals surface area contributed by atoms with E-state index < -0.39 is 0 Å². The number of aryl methyl sites for hydroxylation is 1. The zero-order valence-corrected chi connectivity index (χ0v) is 12.4. The van der Waals surface area contributed by atoms with Gasteiger partial charge in [0.1, 0.15) is 17.7 Å². The molecule has 0 aliphatic carbocycles. The van der Waals surface area contributed by atoms with E-state index in [4.69, 9.17) is 9.72 Å². The van der Waals surface area contributed by atoms with Crippen molar-refractivity contribution in [1.82, 2.24) is 14.9 Å². The third-order valence-corrected chi connectivity index (χ3v) is 4.48. The average Bonchev–Trinajstić information content (AvgIpc) is 3.08. The predicted octanol–water partition coefficient (Wildman–Crippen LogP) is 2.09. The Bertz CT molecular complexity index is 637. The molecule has 1 atom stereocenters. The minimum absolute atomic E-state index is 0.237. The third kappa shape index (κ3) is 2.23. The molecule has 1 aromatic carbocycles. The third-order valence-electron chi connectivity index (χ3n) is 4.48. The van der Waals surface area contributed by atoms with E-state index in [1.165, 1.54) is 22.8 Å². The Morgan fingerprint density at radius 2 is 2.29 bits per heavy atom. The van der Waals surface area contributed by atoms with Crippen molar-refractivity contribution in [2.75, 3.05) is 6.54 Å². The largest absolute Gasteiger partial charge is 0.488 e. The number of hydrogen-bond acceptors (Lipinski definition) is 3. The van der Waals surface area contributed by atoms with Gasteiger partial charge in [-0.1, -0.05) is 25.1 Å². The molecule has 4 heteroatoms. The summed E-state index contributed by atoms with van der Waals surface area (Å²) in [4.78, 5) is 4.81. The number of aromatic nitrogens is 2. The lowest BCUT2D eigenvalue weighted by molar-refractivity contribution is 0.206. The quantitative estimate of drug-likeness (QED) is 0.937. The highest BCUT2D eigenvalue weighted by Crippen LogP contribution is 2.29. The zero-order valence-electron chi connectivity index (χ0n) is 12.4. The first-order valence-electron chi connectivity index (χ1n) is 7.87. The Kier molecular flexibility index (Phi) is 3.19. The van der Waals surface area contributed by atoms with Gasteiger partial charge in [0.2, 0.25) is 0 Å². The van der Waals surface area contributed by atoms with Gasteiger partial charge in [-0.05, 0) is 11.6 Å². The predicted molar refractivity (Wildman–Crippen MR) is 81.6 cm³/mol. The summed E-state index contributed by atoms with van der Waals surface area (Å²) in [6.07, 6.45) is 3.29. The van der Waals surface area contributed by atoms with Gasteiger partial charge in [0.15, 0.2) is 0 Å². The molecule has 2 aliphatic heterocycles. The molecule has 0 bridgehead atoms. The van der Waals surface area contributed by atoms with Crippen LogP contribution < -0.4 is 10.1 Å². The average molecular weight is 283 g/mol. The van der Waals surface area contributed by atoms with Crippen LogP contribution in [0.2, 0.25) is 0 Å². The molecule has 2 aromatic rings. The SMILES string of the molecule is CCc1nc2c(n1CC1Cc3ccccc3O1)CCNC2. The van der Waals surface area contributed by atoms with Gasteiger partial charge in [-0.15, -0.1) is 0 Å².